The number of piperazine rings is 1. The van der Waals surface area contributed by atoms with Crippen molar-refractivity contribution < 1.29 is 24.3 Å². The van der Waals surface area contributed by atoms with E-state index in [-0.39, 0.29) is 36.9 Å². The first-order valence-corrected chi connectivity index (χ1v) is 14.7. The van der Waals surface area contributed by atoms with E-state index >= 15 is 0 Å². The molecule has 4 rings (SSSR count). The fourth-order valence-corrected chi connectivity index (χ4v) is 5.95. The molecule has 3 saturated heterocycles. The lowest BCUT2D eigenvalue weighted by Gasteiger charge is -2.35. The van der Waals surface area contributed by atoms with Crippen molar-refractivity contribution in [2.24, 2.45) is 0 Å². The van der Waals surface area contributed by atoms with Gasteiger partial charge in [0.15, 0.2) is 0 Å². The normalized spacial score (nSPS) is 25.0. The molecule has 40 heavy (non-hydrogen) atoms. The van der Waals surface area contributed by atoms with Gasteiger partial charge in [-0.25, -0.2) is 4.98 Å². The van der Waals surface area contributed by atoms with Gasteiger partial charge < -0.3 is 35.8 Å². The van der Waals surface area contributed by atoms with Crippen LogP contribution in [0.1, 0.15) is 50.6 Å². The Labute approximate surface area is 240 Å². The second-order valence-corrected chi connectivity index (χ2v) is 11.4. The number of amides is 4. The Kier molecular flexibility index (Phi) is 11.2. The predicted octanol–water partition coefficient (Wildman–Crippen LogP) is -1.18. The Morgan fingerprint density at radius 1 is 1.10 bits per heavy atom. The molecular formula is C26H42N8O5S. The van der Waals surface area contributed by atoms with Gasteiger partial charge in [0.05, 0.1) is 31.2 Å². The first-order valence-electron chi connectivity index (χ1n) is 14.3. The van der Waals surface area contributed by atoms with Crippen LogP contribution in [0.25, 0.3) is 0 Å². The topological polar surface area (TPSA) is 163 Å². The Morgan fingerprint density at radius 3 is 2.60 bits per heavy atom. The fraction of sp³-hybridized carbons (Fsp3) is 0.731. The van der Waals surface area contributed by atoms with Gasteiger partial charge in [0.2, 0.25) is 23.6 Å². The summed E-state index contributed by atoms with van der Waals surface area (Å²) in [5.74, 6) is -1.21. The van der Waals surface area contributed by atoms with Gasteiger partial charge in [-0.05, 0) is 25.7 Å². The number of aromatic nitrogens is 2. The number of thiol groups is 1. The number of hydrogen-bond donors (Lipinski definition) is 6. The van der Waals surface area contributed by atoms with Crippen molar-refractivity contribution in [3.05, 3.63) is 18.2 Å². The minimum Gasteiger partial charge on any atom is -0.394 e. The number of nitrogens with one attached hydrogen (secondary N) is 4. The molecule has 4 atom stereocenters. The van der Waals surface area contributed by atoms with Gasteiger partial charge in [-0.15, -0.1) is 0 Å². The molecule has 3 fully saturated rings. The number of imidazole rings is 1. The van der Waals surface area contributed by atoms with E-state index in [0.29, 0.717) is 38.6 Å². The Bertz CT molecular complexity index is 1000. The maximum absolute atomic E-state index is 13.6. The maximum Gasteiger partial charge on any atom is 0.246 e. The van der Waals surface area contributed by atoms with E-state index in [9.17, 15) is 24.3 Å². The van der Waals surface area contributed by atoms with Gasteiger partial charge in [-0.1, -0.05) is 25.7 Å². The fourth-order valence-electron chi connectivity index (χ4n) is 5.77. The first kappa shape index (κ1) is 30.3. The molecule has 222 valence electrons. The summed E-state index contributed by atoms with van der Waals surface area (Å²) in [5, 5.41) is 18.1. The van der Waals surface area contributed by atoms with E-state index < -0.39 is 24.0 Å². The zero-order valence-corrected chi connectivity index (χ0v) is 23.8. The molecule has 3 aliphatic rings. The number of rotatable bonds is 11. The minimum absolute atomic E-state index is 0.0639. The van der Waals surface area contributed by atoms with E-state index in [0.717, 1.165) is 51.1 Å². The van der Waals surface area contributed by atoms with E-state index in [1.54, 1.807) is 11.1 Å². The van der Waals surface area contributed by atoms with Crippen LogP contribution in [0.2, 0.25) is 0 Å². The molecule has 0 saturated carbocycles. The Balaban J connectivity index is 1.27. The summed E-state index contributed by atoms with van der Waals surface area (Å²) in [4.78, 5) is 62.8. The molecule has 1 aromatic rings. The molecule has 0 spiro atoms. The lowest BCUT2D eigenvalue weighted by Crippen LogP contribution is -2.58. The van der Waals surface area contributed by atoms with E-state index in [4.69, 9.17) is 0 Å². The van der Waals surface area contributed by atoms with Crippen molar-refractivity contribution in [2.75, 3.05) is 45.9 Å². The lowest BCUT2D eigenvalue weighted by molar-refractivity contribution is -0.144. The highest BCUT2D eigenvalue weighted by Crippen LogP contribution is 2.31. The summed E-state index contributed by atoms with van der Waals surface area (Å²) in [6.07, 6.45) is 8.13. The van der Waals surface area contributed by atoms with Crippen molar-refractivity contribution in [3.8, 4) is 0 Å². The van der Waals surface area contributed by atoms with E-state index in [1.165, 1.54) is 6.33 Å². The first-order chi connectivity index (χ1) is 19.3. The van der Waals surface area contributed by atoms with Crippen LogP contribution < -0.4 is 16.0 Å². The molecule has 5 N–H and O–H groups in total. The molecule has 0 aromatic carbocycles. The van der Waals surface area contributed by atoms with Crippen LogP contribution in [0.3, 0.4) is 0 Å². The van der Waals surface area contributed by atoms with E-state index in [2.05, 4.69) is 43.6 Å². The van der Waals surface area contributed by atoms with Crippen molar-refractivity contribution in [2.45, 2.75) is 75.5 Å². The monoisotopic (exact) mass is 578 g/mol. The molecule has 4 amide bonds. The third-order valence-corrected chi connectivity index (χ3v) is 8.40. The average Bonchev–Trinajstić information content (AvgIpc) is 3.61. The maximum atomic E-state index is 13.6. The van der Waals surface area contributed by atoms with Crippen LogP contribution in [-0.2, 0) is 25.6 Å². The predicted molar refractivity (Wildman–Crippen MR) is 150 cm³/mol. The minimum atomic E-state index is -0.754. The molecule has 13 nitrogen and oxygen atoms in total. The van der Waals surface area contributed by atoms with Crippen LogP contribution >= 0.6 is 12.8 Å². The number of aliphatic hydroxyl groups is 1. The molecule has 4 unspecified atom stereocenters. The third-order valence-electron chi connectivity index (χ3n) is 8.00. The summed E-state index contributed by atoms with van der Waals surface area (Å²) in [5.41, 5.74) is 0.720. The molecule has 0 radical (unpaired) electrons. The standard InChI is InChI=1S/C26H42N8O5S/c35-16-19(13-18-14-27-17-29-18)30-25(38)22-6-5-20-3-1-2-4-21(26(39)34(20)22)31-24(37)15-28-23(36)7-8-32-9-11-33(40)12-10-32/h14,17,19-22,35,40H,1-13,15-16H2,(H,27,29)(H,28,36)(H,30,38)(H,31,37). The number of aromatic amines is 1. The zero-order chi connectivity index (χ0) is 28.5. The molecule has 0 aliphatic carbocycles. The van der Waals surface area contributed by atoms with Gasteiger partial charge in [0, 0.05) is 57.8 Å². The van der Waals surface area contributed by atoms with E-state index in [1.807, 2.05) is 4.31 Å². The van der Waals surface area contributed by atoms with Crippen LogP contribution in [-0.4, -0.2) is 123 Å². The number of aliphatic hydroxyl groups excluding tert-OH is 1. The van der Waals surface area contributed by atoms with Gasteiger partial charge in [-0.2, -0.15) is 0 Å². The summed E-state index contributed by atoms with van der Waals surface area (Å²) in [6, 6.07) is -2.00. The Morgan fingerprint density at radius 2 is 1.88 bits per heavy atom. The summed E-state index contributed by atoms with van der Waals surface area (Å²) >= 11 is 4.33. The van der Waals surface area contributed by atoms with Crippen LogP contribution in [0.15, 0.2) is 12.5 Å². The third kappa shape index (κ3) is 8.41. The summed E-state index contributed by atoms with van der Waals surface area (Å²) in [7, 11) is 0. The zero-order valence-electron chi connectivity index (χ0n) is 22.9. The second kappa shape index (κ2) is 14.8. The van der Waals surface area contributed by atoms with Crippen molar-refractivity contribution in [3.63, 3.8) is 0 Å². The highest BCUT2D eigenvalue weighted by atomic mass is 32.1. The quantitative estimate of drug-likeness (QED) is 0.179. The van der Waals surface area contributed by atoms with Crippen LogP contribution in [0.4, 0.5) is 0 Å². The van der Waals surface area contributed by atoms with Crippen LogP contribution in [0, 0.1) is 0 Å². The van der Waals surface area contributed by atoms with Gasteiger partial charge >= 0.3 is 0 Å². The second-order valence-electron chi connectivity index (χ2n) is 10.9. The number of fused-ring (bicyclic) bond motifs is 1. The highest BCUT2D eigenvalue weighted by Gasteiger charge is 2.44. The molecule has 1 aromatic heterocycles. The number of H-pyrrole nitrogens is 1. The molecule has 14 heteroatoms. The number of carbonyl (C=O) groups is 4. The van der Waals surface area contributed by atoms with Crippen molar-refractivity contribution >= 4 is 36.4 Å². The number of nitrogens with zero attached hydrogens (tertiary/aromatic N) is 4. The molecule has 0 bridgehead atoms. The van der Waals surface area contributed by atoms with Crippen molar-refractivity contribution in [1.82, 2.24) is 40.0 Å². The number of carbonyl (C=O) groups excluding carboxylic acids is 4. The van der Waals surface area contributed by atoms with Crippen molar-refractivity contribution in [1.29, 1.82) is 0 Å². The number of hydrogen-bond acceptors (Lipinski definition) is 9. The van der Waals surface area contributed by atoms with Gasteiger partial charge in [0.25, 0.3) is 0 Å². The summed E-state index contributed by atoms with van der Waals surface area (Å²) < 4.78 is 1.95. The largest absolute Gasteiger partial charge is 0.394 e. The smallest absolute Gasteiger partial charge is 0.246 e. The summed E-state index contributed by atoms with van der Waals surface area (Å²) in [6.45, 7) is 3.55. The Hall–Kier alpha value is -2.68. The molecule has 4 heterocycles. The average molecular weight is 579 g/mol. The van der Waals surface area contributed by atoms with Crippen LogP contribution in [0.5, 0.6) is 0 Å². The molecule has 3 aliphatic heterocycles. The highest BCUT2D eigenvalue weighted by molar-refractivity contribution is 7.77. The lowest BCUT2D eigenvalue weighted by atomic mass is 9.99. The van der Waals surface area contributed by atoms with Gasteiger partial charge in [-0.3, -0.25) is 23.5 Å². The SMILES string of the molecule is O=C(CCN1CCN(S)CC1)NCC(=O)NC1CCCCC2CCC(C(=O)NC(CO)Cc3c[nH]cn3)N2C1=O. The van der Waals surface area contributed by atoms with Gasteiger partial charge in [0.1, 0.15) is 12.1 Å². The molecular weight excluding hydrogens is 536 g/mol.